The molecule has 0 bridgehead atoms. The second-order valence-electron chi connectivity index (χ2n) is 2.25. The van der Waals surface area contributed by atoms with Crippen LogP contribution in [0.25, 0.3) is 11.5 Å². The number of anilines is 1. The minimum Gasteiger partial charge on any atom is -0.370 e. The zero-order chi connectivity index (χ0) is 8.39. The van der Waals surface area contributed by atoms with Gasteiger partial charge in [0.05, 0.1) is 6.33 Å². The molecule has 0 aromatic carbocycles. The second kappa shape index (κ2) is 2.77. The molecule has 0 atom stereocenters. The molecule has 0 aromatic rings. The fraction of sp³-hybridized carbons (Fsp3) is 0.143. The highest BCUT2D eigenvalue weighted by Gasteiger charge is 2.10. The van der Waals surface area contributed by atoms with Gasteiger partial charge in [-0.3, -0.25) is 0 Å². The monoisotopic (exact) mass is 162 g/mol. The normalized spacial score (nSPS) is 10.4. The Bertz CT molecular complexity index is 342. The molecule has 61 valence electrons. The molecule has 1 radical (unpaired) electrons. The van der Waals surface area contributed by atoms with Gasteiger partial charge in [-0.1, -0.05) is 0 Å². The summed E-state index contributed by atoms with van der Waals surface area (Å²) in [7, 11) is 0. The van der Waals surface area contributed by atoms with Crippen molar-refractivity contribution in [2.45, 2.75) is 0 Å². The van der Waals surface area contributed by atoms with E-state index in [1.54, 1.807) is 6.33 Å². The number of nitrogens with zero attached hydrogens (tertiary/aromatic N) is 3. The quantitative estimate of drug-likeness (QED) is 0.676. The molecular weight excluding hydrogens is 154 g/mol. The number of H-pyrrole nitrogens is 1. The summed E-state index contributed by atoms with van der Waals surface area (Å²) in [5, 5.41) is 3.03. The molecule has 5 nitrogen and oxygen atoms in total. The Labute approximate surface area is 69.6 Å². The first-order chi connectivity index (χ1) is 5.92. The van der Waals surface area contributed by atoms with Crippen molar-refractivity contribution < 1.29 is 0 Å². The fourth-order valence-corrected chi connectivity index (χ4v) is 1.02. The second-order valence-corrected chi connectivity index (χ2v) is 2.25. The SMILES string of the molecule is [CH2]CNc1[nH]cnc2ncnc1-2. The van der Waals surface area contributed by atoms with Crippen LogP contribution >= 0.6 is 0 Å². The largest absolute Gasteiger partial charge is 0.370 e. The van der Waals surface area contributed by atoms with Gasteiger partial charge in [-0.2, -0.15) is 0 Å². The van der Waals surface area contributed by atoms with Crippen LogP contribution in [0.5, 0.6) is 0 Å². The standard InChI is InChI=1S/C7H8N5/c1-2-8-6-5-7(10-3-9-5)12-4-11-6/h3-4H,1-2H2,(H2,8,9,10,11,12). The lowest BCUT2D eigenvalue weighted by atomic mass is 10.4. The Morgan fingerprint density at radius 1 is 1.42 bits per heavy atom. The van der Waals surface area contributed by atoms with Crippen LogP contribution in [0, 0.1) is 6.92 Å². The van der Waals surface area contributed by atoms with Gasteiger partial charge in [0.25, 0.3) is 0 Å². The summed E-state index contributed by atoms with van der Waals surface area (Å²) in [6.45, 7) is 4.27. The van der Waals surface area contributed by atoms with Crippen molar-refractivity contribution in [2.75, 3.05) is 11.9 Å². The van der Waals surface area contributed by atoms with E-state index in [1.807, 2.05) is 0 Å². The number of nitrogens with one attached hydrogen (secondary N) is 2. The van der Waals surface area contributed by atoms with E-state index < -0.39 is 0 Å². The van der Waals surface area contributed by atoms with Gasteiger partial charge < -0.3 is 10.3 Å². The van der Waals surface area contributed by atoms with Crippen LogP contribution in [-0.2, 0) is 0 Å². The lowest BCUT2D eigenvalue weighted by molar-refractivity contribution is 1.11. The van der Waals surface area contributed by atoms with E-state index in [9.17, 15) is 0 Å². The number of aromatic amines is 1. The van der Waals surface area contributed by atoms with E-state index in [0.29, 0.717) is 12.4 Å². The average molecular weight is 162 g/mol. The van der Waals surface area contributed by atoms with Crippen LogP contribution in [-0.4, -0.2) is 26.5 Å². The summed E-state index contributed by atoms with van der Waals surface area (Å²) in [6.07, 6.45) is 3.06. The third-order valence-corrected chi connectivity index (χ3v) is 1.51. The highest BCUT2D eigenvalue weighted by molar-refractivity contribution is 5.65. The Morgan fingerprint density at radius 2 is 2.33 bits per heavy atom. The van der Waals surface area contributed by atoms with Crippen LogP contribution in [0.15, 0.2) is 12.7 Å². The first-order valence-corrected chi connectivity index (χ1v) is 3.59. The lowest BCUT2D eigenvalue weighted by Gasteiger charge is -2.04. The third kappa shape index (κ3) is 0.990. The van der Waals surface area contributed by atoms with Gasteiger partial charge in [-0.25, -0.2) is 15.0 Å². The van der Waals surface area contributed by atoms with Crippen LogP contribution < -0.4 is 5.32 Å². The highest BCUT2D eigenvalue weighted by atomic mass is 15.1. The van der Waals surface area contributed by atoms with Gasteiger partial charge in [0.2, 0.25) is 0 Å². The number of fused-ring (bicyclic) bond motifs is 1. The molecule has 0 fully saturated rings. The molecule has 0 aromatic heterocycles. The van der Waals surface area contributed by atoms with Gasteiger partial charge in [0, 0.05) is 6.54 Å². The Balaban J connectivity index is 2.48. The predicted molar refractivity (Wildman–Crippen MR) is 44.6 cm³/mol. The van der Waals surface area contributed by atoms with E-state index in [4.69, 9.17) is 0 Å². The van der Waals surface area contributed by atoms with E-state index >= 15 is 0 Å². The Kier molecular flexibility index (Phi) is 1.62. The van der Waals surface area contributed by atoms with Gasteiger partial charge in [0.15, 0.2) is 5.82 Å². The molecule has 0 saturated carbocycles. The summed E-state index contributed by atoms with van der Waals surface area (Å²) < 4.78 is 0. The van der Waals surface area contributed by atoms with Gasteiger partial charge >= 0.3 is 0 Å². The maximum atomic E-state index is 4.04. The molecule has 0 aliphatic carbocycles. The Morgan fingerprint density at radius 3 is 3.17 bits per heavy atom. The smallest absolute Gasteiger partial charge is 0.184 e. The maximum Gasteiger partial charge on any atom is 0.184 e. The van der Waals surface area contributed by atoms with Crippen molar-refractivity contribution >= 4 is 5.82 Å². The lowest BCUT2D eigenvalue weighted by Crippen LogP contribution is -2.03. The summed E-state index contributed by atoms with van der Waals surface area (Å²) in [6, 6.07) is 0. The molecule has 2 aliphatic rings. The predicted octanol–water partition coefficient (Wildman–Crippen LogP) is 0.550. The number of hydrogen-bond donors (Lipinski definition) is 2. The summed E-state index contributed by atoms with van der Waals surface area (Å²) in [4.78, 5) is 14.9. The van der Waals surface area contributed by atoms with Crippen molar-refractivity contribution in [3.8, 4) is 11.5 Å². The fourth-order valence-electron chi connectivity index (χ4n) is 1.02. The average Bonchev–Trinajstić information content (AvgIpc) is 2.53. The van der Waals surface area contributed by atoms with Crippen molar-refractivity contribution in [2.24, 2.45) is 0 Å². The van der Waals surface area contributed by atoms with E-state index in [1.165, 1.54) is 6.33 Å². The molecular formula is C7H8N5. The van der Waals surface area contributed by atoms with Crippen LogP contribution in [0.1, 0.15) is 0 Å². The van der Waals surface area contributed by atoms with Crippen LogP contribution in [0.2, 0.25) is 0 Å². The van der Waals surface area contributed by atoms with Crippen molar-refractivity contribution in [3.05, 3.63) is 19.6 Å². The first-order valence-electron chi connectivity index (χ1n) is 3.59. The minimum absolute atomic E-state index is 0.600. The molecule has 2 heterocycles. The molecule has 5 heteroatoms. The van der Waals surface area contributed by atoms with E-state index in [2.05, 4.69) is 32.2 Å². The summed E-state index contributed by atoms with van der Waals surface area (Å²) in [5.74, 6) is 1.46. The van der Waals surface area contributed by atoms with E-state index in [0.717, 1.165) is 11.5 Å². The van der Waals surface area contributed by atoms with Crippen LogP contribution in [0.3, 0.4) is 0 Å². The van der Waals surface area contributed by atoms with Crippen molar-refractivity contribution in [3.63, 3.8) is 0 Å². The number of imidazole rings is 1. The molecule has 12 heavy (non-hydrogen) atoms. The molecule has 0 saturated heterocycles. The zero-order valence-corrected chi connectivity index (χ0v) is 6.41. The number of hydrogen-bond acceptors (Lipinski definition) is 4. The molecule has 0 unspecified atom stereocenters. The van der Waals surface area contributed by atoms with Gasteiger partial charge in [0.1, 0.15) is 17.8 Å². The molecule has 2 aliphatic heterocycles. The molecule has 2 rings (SSSR count). The van der Waals surface area contributed by atoms with Crippen LogP contribution in [0.4, 0.5) is 5.82 Å². The topological polar surface area (TPSA) is 66.5 Å². The van der Waals surface area contributed by atoms with Gasteiger partial charge in [-0.15, -0.1) is 0 Å². The van der Waals surface area contributed by atoms with Crippen molar-refractivity contribution in [1.29, 1.82) is 0 Å². The number of rotatable bonds is 2. The molecule has 0 spiro atoms. The van der Waals surface area contributed by atoms with Crippen molar-refractivity contribution in [1.82, 2.24) is 19.9 Å². The minimum atomic E-state index is 0.600. The molecule has 0 amide bonds. The third-order valence-electron chi connectivity index (χ3n) is 1.51. The van der Waals surface area contributed by atoms with E-state index in [-0.39, 0.29) is 0 Å². The molecule has 2 N–H and O–H groups in total. The maximum absolute atomic E-state index is 4.04. The highest BCUT2D eigenvalue weighted by Crippen LogP contribution is 2.20. The zero-order valence-electron chi connectivity index (χ0n) is 6.41. The summed E-state index contributed by atoms with van der Waals surface area (Å²) in [5.41, 5.74) is 0.751. The Hall–Kier alpha value is -1.65. The first kappa shape index (κ1) is 7.02. The number of aromatic nitrogens is 4. The van der Waals surface area contributed by atoms with Gasteiger partial charge in [-0.05, 0) is 6.92 Å². The summed E-state index contributed by atoms with van der Waals surface area (Å²) >= 11 is 0.